The summed E-state index contributed by atoms with van der Waals surface area (Å²) in [4.78, 5) is 54.8. The van der Waals surface area contributed by atoms with Gasteiger partial charge in [-0.1, -0.05) is 29.4 Å². The Morgan fingerprint density at radius 3 is 2.59 bits per heavy atom. The quantitative estimate of drug-likeness (QED) is 0.145. The standard InChI is InChI=1S/C19H27N3O5S2/c1-3-4-8-16(20-2)29-28-14-12-15(23)21-13-7-5-6-9-19(26)27-22-17(24)10-11-18(22)25/h3-4,8H,2,5-7,9-14H2,1H3,(H,21,23)/b4-3-,16-8+. The van der Waals surface area contributed by atoms with E-state index in [9.17, 15) is 19.2 Å². The Labute approximate surface area is 178 Å². The van der Waals surface area contributed by atoms with Crippen molar-refractivity contribution in [2.45, 2.75) is 51.9 Å². The van der Waals surface area contributed by atoms with E-state index in [4.69, 9.17) is 4.84 Å². The second kappa shape index (κ2) is 14.9. The minimum Gasteiger partial charge on any atom is -0.356 e. The molecule has 0 aromatic heterocycles. The van der Waals surface area contributed by atoms with Crippen molar-refractivity contribution in [3.8, 4) is 0 Å². The minimum atomic E-state index is -0.593. The molecule has 1 aliphatic heterocycles. The number of rotatable bonds is 14. The van der Waals surface area contributed by atoms with Gasteiger partial charge in [0, 0.05) is 38.0 Å². The topological polar surface area (TPSA) is 105 Å². The molecule has 1 heterocycles. The van der Waals surface area contributed by atoms with E-state index in [2.05, 4.69) is 17.0 Å². The molecule has 1 aliphatic rings. The number of hydrogen-bond acceptors (Lipinski definition) is 8. The smallest absolute Gasteiger partial charge is 0.333 e. The van der Waals surface area contributed by atoms with E-state index in [1.165, 1.54) is 10.8 Å². The summed E-state index contributed by atoms with van der Waals surface area (Å²) in [6.45, 7) is 5.97. The first-order chi connectivity index (χ1) is 14.0. The molecule has 0 radical (unpaired) electrons. The Bertz CT molecular complexity index is 648. The summed E-state index contributed by atoms with van der Waals surface area (Å²) in [7, 11) is 3.03. The second-order valence-electron chi connectivity index (χ2n) is 6.05. The van der Waals surface area contributed by atoms with Crippen LogP contribution in [0.1, 0.15) is 51.9 Å². The molecule has 3 amide bonds. The van der Waals surface area contributed by atoms with Gasteiger partial charge in [0.2, 0.25) is 5.91 Å². The third kappa shape index (κ3) is 10.9. The van der Waals surface area contributed by atoms with Gasteiger partial charge < -0.3 is 10.2 Å². The Morgan fingerprint density at radius 1 is 1.21 bits per heavy atom. The van der Waals surface area contributed by atoms with E-state index >= 15 is 0 Å². The predicted octanol–water partition coefficient (Wildman–Crippen LogP) is 3.16. The van der Waals surface area contributed by atoms with Gasteiger partial charge in [0.1, 0.15) is 5.03 Å². The van der Waals surface area contributed by atoms with Crippen LogP contribution < -0.4 is 5.32 Å². The first kappa shape index (κ1) is 25.0. The van der Waals surface area contributed by atoms with Crippen molar-refractivity contribution >= 4 is 52.0 Å². The molecule has 8 nitrogen and oxygen atoms in total. The first-order valence-corrected chi connectivity index (χ1v) is 11.7. The van der Waals surface area contributed by atoms with Crippen molar-refractivity contribution < 1.29 is 24.0 Å². The summed E-state index contributed by atoms with van der Waals surface area (Å²) in [5, 5.41) is 4.20. The summed E-state index contributed by atoms with van der Waals surface area (Å²) in [5.41, 5.74) is 0. The van der Waals surface area contributed by atoms with E-state index in [1.54, 1.807) is 10.8 Å². The molecule has 29 heavy (non-hydrogen) atoms. The molecule has 0 saturated carbocycles. The molecule has 1 saturated heterocycles. The van der Waals surface area contributed by atoms with Crippen LogP contribution in [0.2, 0.25) is 0 Å². The predicted molar refractivity (Wildman–Crippen MR) is 116 cm³/mol. The van der Waals surface area contributed by atoms with Crippen LogP contribution in [-0.4, -0.2) is 47.8 Å². The average molecular weight is 442 g/mol. The van der Waals surface area contributed by atoms with E-state index in [0.717, 1.165) is 17.9 Å². The van der Waals surface area contributed by atoms with Gasteiger partial charge in [-0.3, -0.25) is 19.4 Å². The van der Waals surface area contributed by atoms with Crippen molar-refractivity contribution in [2.24, 2.45) is 4.99 Å². The zero-order valence-corrected chi connectivity index (χ0v) is 18.2. The summed E-state index contributed by atoms with van der Waals surface area (Å²) in [6, 6.07) is 0. The number of hydrogen-bond donors (Lipinski definition) is 1. The van der Waals surface area contributed by atoms with Crippen LogP contribution in [0.3, 0.4) is 0 Å². The molecule has 0 bridgehead atoms. The molecule has 1 rings (SSSR count). The fourth-order valence-corrected chi connectivity index (χ4v) is 4.06. The number of aliphatic imine (C=N–C) groups is 1. The van der Waals surface area contributed by atoms with E-state index in [-0.39, 0.29) is 25.2 Å². The maximum absolute atomic E-state index is 11.8. The third-order valence-corrected chi connectivity index (χ3v) is 6.01. The van der Waals surface area contributed by atoms with Gasteiger partial charge in [-0.2, -0.15) is 0 Å². The number of nitrogens with zero attached hydrogens (tertiary/aromatic N) is 2. The van der Waals surface area contributed by atoms with Crippen LogP contribution in [0, 0.1) is 0 Å². The molecule has 0 unspecified atom stereocenters. The number of allylic oxidation sites excluding steroid dienone is 3. The number of carbonyl (C=O) groups excluding carboxylic acids is 4. The molecule has 0 aromatic rings. The van der Waals surface area contributed by atoms with Gasteiger partial charge in [0.05, 0.1) is 0 Å². The van der Waals surface area contributed by atoms with Crippen molar-refractivity contribution in [1.82, 2.24) is 10.4 Å². The Balaban J connectivity index is 2.02. The number of nitrogens with one attached hydrogen (secondary N) is 1. The van der Waals surface area contributed by atoms with Crippen molar-refractivity contribution in [2.75, 3.05) is 12.3 Å². The molecule has 0 atom stereocenters. The van der Waals surface area contributed by atoms with E-state index < -0.39 is 17.8 Å². The molecule has 0 aliphatic carbocycles. The van der Waals surface area contributed by atoms with E-state index in [1.807, 2.05) is 25.2 Å². The lowest BCUT2D eigenvalue weighted by Crippen LogP contribution is -2.31. The Morgan fingerprint density at radius 2 is 1.93 bits per heavy atom. The zero-order valence-electron chi connectivity index (χ0n) is 16.6. The SMILES string of the molecule is C=N/C(=C\C=C/C)SSCCC(=O)NCCCCCC(=O)ON1C(=O)CCC1=O. The molecule has 1 fully saturated rings. The van der Waals surface area contributed by atoms with Crippen molar-refractivity contribution in [3.05, 3.63) is 23.3 Å². The van der Waals surface area contributed by atoms with E-state index in [0.29, 0.717) is 30.2 Å². The van der Waals surface area contributed by atoms with Gasteiger partial charge in [0.25, 0.3) is 11.8 Å². The highest BCUT2D eigenvalue weighted by atomic mass is 33.1. The molecule has 1 N–H and O–H groups in total. The van der Waals surface area contributed by atoms with Crippen LogP contribution in [-0.2, 0) is 24.0 Å². The van der Waals surface area contributed by atoms with Crippen molar-refractivity contribution in [3.63, 3.8) is 0 Å². The van der Waals surface area contributed by atoms with Crippen LogP contribution >= 0.6 is 21.6 Å². The third-order valence-electron chi connectivity index (χ3n) is 3.72. The number of amides is 3. The molecular formula is C19H27N3O5S2. The minimum absolute atomic E-state index is 0.0193. The maximum Gasteiger partial charge on any atom is 0.333 e. The van der Waals surface area contributed by atoms with Crippen LogP contribution in [0.15, 0.2) is 28.2 Å². The highest BCUT2D eigenvalue weighted by Gasteiger charge is 2.32. The number of hydroxylamine groups is 2. The molecule has 10 heteroatoms. The van der Waals surface area contributed by atoms with Crippen LogP contribution in [0.25, 0.3) is 0 Å². The summed E-state index contributed by atoms with van der Waals surface area (Å²) in [6.07, 6.45) is 8.39. The number of unbranched alkanes of at least 4 members (excludes halogenated alkanes) is 2. The maximum atomic E-state index is 11.8. The van der Waals surface area contributed by atoms with Crippen LogP contribution in [0.4, 0.5) is 0 Å². The molecule has 160 valence electrons. The lowest BCUT2D eigenvalue weighted by atomic mass is 10.2. The Kier molecular flexibility index (Phi) is 12.8. The highest BCUT2D eigenvalue weighted by molar-refractivity contribution is 8.78. The zero-order chi connectivity index (χ0) is 21.5. The highest BCUT2D eigenvalue weighted by Crippen LogP contribution is 2.31. The normalized spacial score (nSPS) is 14.5. The van der Waals surface area contributed by atoms with Gasteiger partial charge in [-0.05, 0) is 43.4 Å². The van der Waals surface area contributed by atoms with Crippen LogP contribution in [0.5, 0.6) is 0 Å². The number of carbonyl (C=O) groups is 4. The first-order valence-electron chi connectivity index (χ1n) is 9.40. The summed E-state index contributed by atoms with van der Waals surface area (Å²) >= 11 is 0. The molecule has 0 spiro atoms. The van der Waals surface area contributed by atoms with Crippen molar-refractivity contribution in [1.29, 1.82) is 0 Å². The van der Waals surface area contributed by atoms with Gasteiger partial charge in [0.15, 0.2) is 0 Å². The van der Waals surface area contributed by atoms with Gasteiger partial charge in [-0.15, -0.1) is 5.06 Å². The fraction of sp³-hybridized carbons (Fsp3) is 0.526. The largest absolute Gasteiger partial charge is 0.356 e. The summed E-state index contributed by atoms with van der Waals surface area (Å²) < 4.78 is 0. The monoisotopic (exact) mass is 441 g/mol. The lowest BCUT2D eigenvalue weighted by molar-refractivity contribution is -0.197. The molecular weight excluding hydrogens is 414 g/mol. The van der Waals surface area contributed by atoms with Gasteiger partial charge in [-0.25, -0.2) is 4.79 Å². The average Bonchev–Trinajstić information content (AvgIpc) is 3.02. The fourth-order valence-electron chi connectivity index (χ4n) is 2.21. The Hall–Kier alpha value is -2.07. The molecule has 0 aromatic carbocycles. The van der Waals surface area contributed by atoms with Gasteiger partial charge >= 0.3 is 5.97 Å². The number of imide groups is 1. The summed E-state index contributed by atoms with van der Waals surface area (Å²) in [5.74, 6) is -0.904. The second-order valence-corrected chi connectivity index (χ2v) is 8.49. The lowest BCUT2D eigenvalue weighted by Gasteiger charge is -2.12.